The number of anilines is 3. The molecule has 0 fully saturated rings. The molecule has 6 nitrogen and oxygen atoms in total. The van der Waals surface area contributed by atoms with Crippen LogP contribution in [0.2, 0.25) is 0 Å². The summed E-state index contributed by atoms with van der Waals surface area (Å²) >= 11 is 0. The minimum atomic E-state index is -0.348. The van der Waals surface area contributed by atoms with Crippen molar-refractivity contribution in [1.82, 2.24) is 0 Å². The molecule has 0 saturated carbocycles. The standard InChI is InChI=1S/C56H65B2N4O2/c1-35(2)11-7-13-37(5)19-21-39-23-29-43(30-24-39)57-60-47-17-9-15-41-27-33-45(53(59)49(41)47)51-55(63)52(56(51)64)46-34-28-42-16-10-18-48-50(42)54(46)62-58(61-48)44-31-25-40(26-32-44)22-20-38(6)14-8-12-36(3)4/h9-10,15-18,23-38,60-61,63H,7-8,11-14,19-22,59H2,1-6H3/b52-46-. The molecule has 1 heterocycles. The van der Waals surface area contributed by atoms with Gasteiger partial charge < -0.3 is 26.2 Å². The van der Waals surface area contributed by atoms with E-state index in [1.165, 1.54) is 62.5 Å². The molecule has 8 heteroatoms. The molecule has 0 aromatic heterocycles. The van der Waals surface area contributed by atoms with Crippen LogP contribution < -0.4 is 37.7 Å². The number of carbonyl (C=O) groups excluding carboxylic acids is 1. The first-order chi connectivity index (χ1) is 30.9. The van der Waals surface area contributed by atoms with Crippen molar-refractivity contribution in [1.29, 1.82) is 0 Å². The van der Waals surface area contributed by atoms with E-state index in [4.69, 9.17) is 10.6 Å². The molecule has 327 valence electrons. The van der Waals surface area contributed by atoms with Crippen LogP contribution in [-0.4, -0.2) is 25.3 Å². The summed E-state index contributed by atoms with van der Waals surface area (Å²) in [5.41, 5.74) is 15.0. The molecule has 1 aliphatic heterocycles. The molecule has 64 heavy (non-hydrogen) atoms. The van der Waals surface area contributed by atoms with E-state index in [1.54, 1.807) is 0 Å². The molecule has 5 N–H and O–H groups in total. The zero-order valence-corrected chi connectivity index (χ0v) is 38.8. The predicted octanol–water partition coefficient (Wildman–Crippen LogP) is 10.9. The van der Waals surface area contributed by atoms with Crippen molar-refractivity contribution in [3.63, 3.8) is 0 Å². The lowest BCUT2D eigenvalue weighted by molar-refractivity contribution is -0.109. The number of rotatable bonds is 19. The van der Waals surface area contributed by atoms with Crippen LogP contribution in [-0.2, 0) is 17.6 Å². The van der Waals surface area contributed by atoms with Crippen molar-refractivity contribution < 1.29 is 9.90 Å². The van der Waals surface area contributed by atoms with E-state index < -0.39 is 0 Å². The van der Waals surface area contributed by atoms with Gasteiger partial charge in [0.05, 0.1) is 16.5 Å². The maximum atomic E-state index is 14.3. The minimum absolute atomic E-state index is 0.0563. The van der Waals surface area contributed by atoms with Crippen LogP contribution in [0.1, 0.15) is 110 Å². The third-order valence-electron chi connectivity index (χ3n) is 13.6. The van der Waals surface area contributed by atoms with Crippen LogP contribution in [0.25, 0.3) is 32.7 Å². The number of nitrogens with two attached hydrogens (primary N) is 1. The number of allylic oxidation sites excluding steroid dienone is 2. The van der Waals surface area contributed by atoms with Gasteiger partial charge in [0.2, 0.25) is 5.78 Å². The van der Waals surface area contributed by atoms with E-state index in [9.17, 15) is 9.90 Å². The highest BCUT2D eigenvalue weighted by atomic mass is 16.3. The fourth-order valence-corrected chi connectivity index (χ4v) is 9.60. The molecule has 2 aliphatic rings. The van der Waals surface area contributed by atoms with E-state index in [2.05, 4.69) is 113 Å². The molecule has 2 atom stereocenters. The number of fused-ring (bicyclic) bond motifs is 1. The summed E-state index contributed by atoms with van der Waals surface area (Å²) in [7, 11) is 1.99. The number of carbonyl (C=O) groups is 1. The first-order valence-corrected chi connectivity index (χ1v) is 23.9. The second kappa shape index (κ2) is 20.0. The van der Waals surface area contributed by atoms with Crippen LogP contribution in [0.4, 0.5) is 17.1 Å². The van der Waals surface area contributed by atoms with Gasteiger partial charge in [-0.05, 0) is 88.8 Å². The second-order valence-electron chi connectivity index (χ2n) is 19.6. The number of aliphatic hydroxyl groups is 1. The number of nitrogens with zero attached hydrogens (tertiary/aromatic N) is 1. The highest BCUT2D eigenvalue weighted by molar-refractivity contribution is 6.75. The number of aliphatic hydroxyl groups excluding tert-OH is 1. The van der Waals surface area contributed by atoms with Crippen LogP contribution in [0.15, 0.2) is 120 Å². The van der Waals surface area contributed by atoms with Gasteiger partial charge in [-0.2, -0.15) is 0 Å². The Kier molecular flexibility index (Phi) is 14.0. The van der Waals surface area contributed by atoms with Gasteiger partial charge in [-0.25, -0.2) is 0 Å². The maximum Gasteiger partial charge on any atom is 0.427 e. The van der Waals surface area contributed by atoms with Crippen LogP contribution in [0, 0.1) is 23.7 Å². The van der Waals surface area contributed by atoms with Crippen molar-refractivity contribution in [3.05, 3.63) is 142 Å². The van der Waals surface area contributed by atoms with Crippen molar-refractivity contribution in [2.45, 2.75) is 106 Å². The van der Waals surface area contributed by atoms with E-state index >= 15 is 0 Å². The molecule has 0 bridgehead atoms. The Hall–Kier alpha value is -5.75. The fourth-order valence-electron chi connectivity index (χ4n) is 9.60. The number of nitrogens with one attached hydrogen (secondary N) is 2. The number of hydrogen-bond acceptors (Lipinski definition) is 6. The molecule has 2 unspecified atom stereocenters. The highest BCUT2D eigenvalue weighted by Crippen LogP contribution is 2.42. The lowest BCUT2D eigenvalue weighted by Crippen LogP contribution is -2.46. The van der Waals surface area contributed by atoms with Gasteiger partial charge >= 0.3 is 6.98 Å². The minimum Gasteiger partial charge on any atom is -0.506 e. The maximum absolute atomic E-state index is 14.3. The smallest absolute Gasteiger partial charge is 0.427 e. The predicted molar refractivity (Wildman–Crippen MR) is 274 cm³/mol. The molecular weight excluding hydrogens is 782 g/mol. The zero-order chi connectivity index (χ0) is 44.9. The molecular formula is C56H65B2N4O2. The van der Waals surface area contributed by atoms with Gasteiger partial charge in [-0.3, -0.25) is 4.79 Å². The molecule has 6 aromatic rings. The van der Waals surface area contributed by atoms with Gasteiger partial charge in [0.15, 0.2) is 0 Å². The van der Waals surface area contributed by atoms with E-state index in [1.807, 2.05) is 55.9 Å². The van der Waals surface area contributed by atoms with Crippen molar-refractivity contribution >= 4 is 80.9 Å². The lowest BCUT2D eigenvalue weighted by atomic mass is 9.67. The summed E-state index contributed by atoms with van der Waals surface area (Å²) < 4.78 is 0. The number of aryl methyl sites for hydroxylation is 2. The number of ketones is 1. The molecule has 0 amide bonds. The first-order valence-electron chi connectivity index (χ1n) is 23.9. The fraction of sp³-hybridized carbons (Fsp3) is 0.357. The second-order valence-corrected chi connectivity index (χ2v) is 19.6. The quantitative estimate of drug-likeness (QED) is 0.0481. The lowest BCUT2D eigenvalue weighted by Gasteiger charge is -2.25. The Balaban J connectivity index is 1.03. The summed E-state index contributed by atoms with van der Waals surface area (Å²) in [6.45, 7) is 13.6. The van der Waals surface area contributed by atoms with Gasteiger partial charge in [0.25, 0.3) is 7.41 Å². The van der Waals surface area contributed by atoms with Gasteiger partial charge in [-0.1, -0.05) is 183 Å². The zero-order valence-electron chi connectivity index (χ0n) is 38.8. The topological polar surface area (TPSA) is 99.7 Å². The summed E-state index contributed by atoms with van der Waals surface area (Å²) in [6, 6.07) is 37.4. The summed E-state index contributed by atoms with van der Waals surface area (Å²) in [5.74, 6) is 2.68. The largest absolute Gasteiger partial charge is 0.506 e. The van der Waals surface area contributed by atoms with Crippen LogP contribution in [0.3, 0.4) is 0 Å². The van der Waals surface area contributed by atoms with E-state index in [0.29, 0.717) is 27.7 Å². The normalized spacial score (nSPS) is 15.4. The van der Waals surface area contributed by atoms with Crippen molar-refractivity contribution in [2.75, 3.05) is 16.2 Å². The van der Waals surface area contributed by atoms with Crippen LogP contribution >= 0.6 is 0 Å². The van der Waals surface area contributed by atoms with Gasteiger partial charge in [0, 0.05) is 38.6 Å². The number of nitrogen functional groups attached to an aromatic ring is 1. The molecule has 1 radical (unpaired) electrons. The summed E-state index contributed by atoms with van der Waals surface area (Å²) in [4.78, 5) is 19.6. The molecule has 8 rings (SSSR count). The first kappa shape index (κ1) is 44.8. The summed E-state index contributed by atoms with van der Waals surface area (Å²) in [6.07, 6.45) is 12.3. The van der Waals surface area contributed by atoms with Crippen molar-refractivity contribution in [2.24, 2.45) is 28.6 Å². The summed E-state index contributed by atoms with van der Waals surface area (Å²) in [5, 5.41) is 24.0. The molecule has 0 spiro atoms. The SMILES string of the molecule is CC(C)CCCC(C)CCc1ccc([B]Nc2cccc3ccc(C4=C(O)/C(=c5\ccc6cccc7c6c5=NB(c5ccc(CCC(C)CCCC(C)C)cc5)N7)C4=O)c(N)c23)cc1. The third kappa shape index (κ3) is 9.97. The Morgan fingerprint density at radius 1 is 0.672 bits per heavy atom. The van der Waals surface area contributed by atoms with Gasteiger partial charge in [0.1, 0.15) is 5.76 Å². The van der Waals surface area contributed by atoms with Gasteiger partial charge in [-0.15, -0.1) is 0 Å². The number of benzene rings is 6. The van der Waals surface area contributed by atoms with E-state index in [-0.39, 0.29) is 29.7 Å². The Labute approximate surface area is 382 Å². The molecule has 6 aromatic carbocycles. The monoisotopic (exact) mass is 848 g/mol. The third-order valence-corrected chi connectivity index (χ3v) is 13.6. The molecule has 0 saturated heterocycles. The average molecular weight is 848 g/mol. The Bertz CT molecular complexity index is 2800. The number of Topliss-reactive ketones (excluding diaryl/α,β-unsaturated/α-hetero) is 1. The molecule has 1 aliphatic carbocycles. The van der Waals surface area contributed by atoms with Crippen LogP contribution in [0.5, 0.6) is 0 Å². The Morgan fingerprint density at radius 2 is 1.27 bits per heavy atom. The van der Waals surface area contributed by atoms with Crippen molar-refractivity contribution in [3.8, 4) is 0 Å². The number of hydrogen-bond donors (Lipinski definition) is 4. The average Bonchev–Trinajstić information content (AvgIpc) is 3.29. The van der Waals surface area contributed by atoms with E-state index in [0.717, 1.165) is 74.4 Å². The Morgan fingerprint density at radius 3 is 1.89 bits per heavy atom. The highest BCUT2D eigenvalue weighted by Gasteiger charge is 2.37.